The van der Waals surface area contributed by atoms with Crippen LogP contribution < -0.4 is 16.6 Å². The van der Waals surface area contributed by atoms with Gasteiger partial charge in [0.15, 0.2) is 0 Å². The molecule has 2 aromatic rings. The number of hydrogen-bond donors (Lipinski definition) is 1. The van der Waals surface area contributed by atoms with Crippen molar-refractivity contribution in [3.63, 3.8) is 0 Å². The lowest BCUT2D eigenvalue weighted by Crippen LogP contribution is -2.39. The second-order valence-corrected chi connectivity index (χ2v) is 5.20. The molecule has 2 aromatic heterocycles. The summed E-state index contributed by atoms with van der Waals surface area (Å²) in [5, 5.41) is 8.99. The molecule has 0 spiro atoms. The van der Waals surface area contributed by atoms with Gasteiger partial charge < -0.3 is 5.32 Å². The number of hydrogen-bond acceptors (Lipinski definition) is 5. The lowest BCUT2D eigenvalue weighted by Gasteiger charge is -2.08. The monoisotopic (exact) mass is 280 g/mol. The normalized spacial score (nSPS) is 10.7. The number of anilines is 1. The smallest absolute Gasteiger partial charge is 0.346 e. The topological polar surface area (TPSA) is 68.9 Å². The first-order valence-electron chi connectivity index (χ1n) is 5.98. The number of nitrogens with one attached hydrogen (secondary N) is 1. The molecule has 0 aliphatic heterocycles. The summed E-state index contributed by atoms with van der Waals surface area (Å²) in [6.45, 7) is 2.64. The second-order valence-electron chi connectivity index (χ2n) is 4.20. The van der Waals surface area contributed by atoms with Gasteiger partial charge in [-0.3, -0.25) is 9.36 Å². The van der Waals surface area contributed by atoms with Gasteiger partial charge in [0.25, 0.3) is 5.56 Å². The van der Waals surface area contributed by atoms with Crippen LogP contribution in [-0.2, 0) is 27.1 Å². The molecule has 0 aliphatic rings. The van der Waals surface area contributed by atoms with Gasteiger partial charge in [-0.25, -0.2) is 9.48 Å². The lowest BCUT2D eigenvalue weighted by molar-refractivity contribution is 0.604. The summed E-state index contributed by atoms with van der Waals surface area (Å²) in [4.78, 5) is 24.6. The zero-order chi connectivity index (χ0) is 14.0. The number of aromatic nitrogens is 3. The molecule has 0 saturated carbocycles. The third kappa shape index (κ3) is 2.60. The molecule has 0 bridgehead atoms. The maximum absolute atomic E-state index is 11.9. The molecule has 0 amide bonds. The third-order valence-corrected chi connectivity index (χ3v) is 3.92. The molecule has 0 unspecified atom stereocenters. The predicted octanol–water partition coefficient (Wildman–Crippen LogP) is 0.715. The Bertz CT molecular complexity index is 698. The SMILES string of the molecule is CCc1ccsc1CNc1nn(C)c(=O)n(C)c1=O. The van der Waals surface area contributed by atoms with Crippen LogP contribution in [-0.4, -0.2) is 14.3 Å². The number of aryl methyl sites for hydroxylation is 2. The average Bonchev–Trinajstić information content (AvgIpc) is 2.86. The molecule has 102 valence electrons. The fourth-order valence-electron chi connectivity index (χ4n) is 1.81. The van der Waals surface area contributed by atoms with Crippen molar-refractivity contribution < 1.29 is 0 Å². The van der Waals surface area contributed by atoms with Crippen molar-refractivity contribution in [2.75, 3.05) is 5.32 Å². The van der Waals surface area contributed by atoms with E-state index in [0.717, 1.165) is 15.7 Å². The van der Waals surface area contributed by atoms with Crippen molar-refractivity contribution in [2.45, 2.75) is 19.9 Å². The van der Waals surface area contributed by atoms with E-state index in [1.54, 1.807) is 11.3 Å². The molecule has 2 rings (SSSR count). The van der Waals surface area contributed by atoms with E-state index in [-0.39, 0.29) is 5.82 Å². The van der Waals surface area contributed by atoms with Crippen molar-refractivity contribution in [1.29, 1.82) is 0 Å². The van der Waals surface area contributed by atoms with E-state index in [9.17, 15) is 9.59 Å². The van der Waals surface area contributed by atoms with Gasteiger partial charge in [-0.05, 0) is 23.4 Å². The van der Waals surface area contributed by atoms with Gasteiger partial charge in [0.2, 0.25) is 5.82 Å². The summed E-state index contributed by atoms with van der Waals surface area (Å²) >= 11 is 1.64. The van der Waals surface area contributed by atoms with Crippen molar-refractivity contribution in [3.8, 4) is 0 Å². The van der Waals surface area contributed by atoms with Gasteiger partial charge in [-0.2, -0.15) is 0 Å². The molecule has 0 radical (unpaired) electrons. The van der Waals surface area contributed by atoms with Crippen LogP contribution in [0.3, 0.4) is 0 Å². The Morgan fingerprint density at radius 2 is 2.11 bits per heavy atom. The van der Waals surface area contributed by atoms with E-state index in [1.165, 1.54) is 24.5 Å². The zero-order valence-electron chi connectivity index (χ0n) is 11.1. The van der Waals surface area contributed by atoms with Crippen molar-refractivity contribution in [2.24, 2.45) is 14.1 Å². The van der Waals surface area contributed by atoms with Crippen LogP contribution >= 0.6 is 11.3 Å². The number of nitrogens with zero attached hydrogens (tertiary/aromatic N) is 3. The highest BCUT2D eigenvalue weighted by Gasteiger charge is 2.09. The molecule has 1 N–H and O–H groups in total. The van der Waals surface area contributed by atoms with Gasteiger partial charge in [0, 0.05) is 19.0 Å². The molecule has 2 heterocycles. The minimum absolute atomic E-state index is 0.194. The molecular formula is C12H16N4O2S. The molecule has 7 heteroatoms. The minimum Gasteiger partial charge on any atom is -0.359 e. The fraction of sp³-hybridized carbons (Fsp3) is 0.417. The highest BCUT2D eigenvalue weighted by Crippen LogP contribution is 2.17. The molecule has 19 heavy (non-hydrogen) atoms. The van der Waals surface area contributed by atoms with Gasteiger partial charge in [-0.1, -0.05) is 6.92 Å². The predicted molar refractivity (Wildman–Crippen MR) is 75.7 cm³/mol. The largest absolute Gasteiger partial charge is 0.359 e. The zero-order valence-corrected chi connectivity index (χ0v) is 12.0. The van der Waals surface area contributed by atoms with E-state index < -0.39 is 11.2 Å². The van der Waals surface area contributed by atoms with Gasteiger partial charge >= 0.3 is 5.69 Å². The van der Waals surface area contributed by atoms with E-state index >= 15 is 0 Å². The van der Waals surface area contributed by atoms with Gasteiger partial charge in [0.1, 0.15) is 0 Å². The summed E-state index contributed by atoms with van der Waals surface area (Å²) in [5.74, 6) is 0.194. The van der Waals surface area contributed by atoms with Crippen LogP contribution in [0.2, 0.25) is 0 Å². The quantitative estimate of drug-likeness (QED) is 0.896. The molecule has 0 atom stereocenters. The van der Waals surface area contributed by atoms with Crippen molar-refractivity contribution >= 4 is 17.2 Å². The average molecular weight is 280 g/mol. The standard InChI is InChI=1S/C12H16N4O2S/c1-4-8-5-6-19-9(8)7-13-10-11(17)15(2)12(18)16(3)14-10/h5-6H,4,7H2,1-3H3,(H,13,14). The first-order valence-corrected chi connectivity index (χ1v) is 6.86. The summed E-state index contributed by atoms with van der Waals surface area (Å²) in [7, 11) is 2.97. The van der Waals surface area contributed by atoms with Crippen LogP contribution in [0, 0.1) is 0 Å². The van der Waals surface area contributed by atoms with Crippen molar-refractivity contribution in [1.82, 2.24) is 14.3 Å². The van der Waals surface area contributed by atoms with Crippen LogP contribution in [0.1, 0.15) is 17.4 Å². The van der Waals surface area contributed by atoms with E-state index in [1.807, 2.05) is 5.38 Å². The number of thiophene rings is 1. The third-order valence-electron chi connectivity index (χ3n) is 2.96. The summed E-state index contributed by atoms with van der Waals surface area (Å²) in [6.07, 6.45) is 0.958. The fourth-order valence-corrected chi connectivity index (χ4v) is 2.73. The summed E-state index contributed by atoms with van der Waals surface area (Å²) < 4.78 is 2.20. The molecule has 6 nitrogen and oxygen atoms in total. The highest BCUT2D eigenvalue weighted by molar-refractivity contribution is 7.10. The summed E-state index contributed by atoms with van der Waals surface area (Å²) in [5.41, 5.74) is 0.428. The molecule has 0 fully saturated rings. The lowest BCUT2D eigenvalue weighted by atomic mass is 10.2. The molecular weight excluding hydrogens is 264 g/mol. The Balaban J connectivity index is 2.26. The van der Waals surface area contributed by atoms with Crippen molar-refractivity contribution in [3.05, 3.63) is 42.7 Å². The Hall–Kier alpha value is -1.89. The maximum Gasteiger partial charge on any atom is 0.346 e. The highest BCUT2D eigenvalue weighted by atomic mass is 32.1. The minimum atomic E-state index is -0.430. The van der Waals surface area contributed by atoms with Gasteiger partial charge in [-0.15, -0.1) is 16.4 Å². The van der Waals surface area contributed by atoms with Gasteiger partial charge in [0.05, 0.1) is 6.54 Å². The van der Waals surface area contributed by atoms with E-state index in [2.05, 4.69) is 23.4 Å². The molecule has 0 aromatic carbocycles. The number of rotatable bonds is 4. The van der Waals surface area contributed by atoms with Crippen LogP contribution in [0.25, 0.3) is 0 Å². The Labute approximate surface area is 114 Å². The maximum atomic E-state index is 11.9. The van der Waals surface area contributed by atoms with E-state index in [4.69, 9.17) is 0 Å². The molecule has 0 aliphatic carbocycles. The summed E-state index contributed by atoms with van der Waals surface area (Å²) in [6, 6.07) is 2.08. The van der Waals surface area contributed by atoms with Crippen LogP contribution in [0.4, 0.5) is 5.82 Å². The Morgan fingerprint density at radius 1 is 1.37 bits per heavy atom. The van der Waals surface area contributed by atoms with Crippen LogP contribution in [0.15, 0.2) is 21.0 Å². The van der Waals surface area contributed by atoms with Crippen LogP contribution in [0.5, 0.6) is 0 Å². The molecule has 0 saturated heterocycles. The Morgan fingerprint density at radius 3 is 2.79 bits per heavy atom. The Kier molecular flexibility index (Phi) is 3.84. The van der Waals surface area contributed by atoms with E-state index in [0.29, 0.717) is 6.54 Å². The first kappa shape index (κ1) is 13.5. The second kappa shape index (κ2) is 5.40. The first-order chi connectivity index (χ1) is 9.04.